The van der Waals surface area contributed by atoms with Crippen molar-refractivity contribution in [2.75, 3.05) is 19.6 Å². The van der Waals surface area contributed by atoms with Crippen LogP contribution in [0.25, 0.3) is 0 Å². The summed E-state index contributed by atoms with van der Waals surface area (Å²) in [5.74, 6) is 1.04. The Morgan fingerprint density at radius 1 is 1.57 bits per heavy atom. The molecular weight excluding hydrogens is 180 g/mol. The first-order valence-electron chi connectivity index (χ1n) is 4.74. The molecule has 0 fully saturated rings. The van der Waals surface area contributed by atoms with Crippen LogP contribution in [-0.2, 0) is 0 Å². The van der Waals surface area contributed by atoms with Crippen molar-refractivity contribution in [3.8, 4) is 0 Å². The second-order valence-electron chi connectivity index (χ2n) is 3.08. The molecule has 0 saturated carbocycles. The van der Waals surface area contributed by atoms with Crippen LogP contribution in [0, 0.1) is 6.92 Å². The fourth-order valence-electron chi connectivity index (χ4n) is 1.26. The summed E-state index contributed by atoms with van der Waals surface area (Å²) in [6, 6.07) is 3.47. The number of amides is 1. The minimum Gasteiger partial charge on any atom is -0.456 e. The van der Waals surface area contributed by atoms with Crippen LogP contribution >= 0.6 is 0 Å². The third kappa shape index (κ3) is 2.35. The smallest absolute Gasteiger partial charge is 0.289 e. The van der Waals surface area contributed by atoms with Crippen molar-refractivity contribution < 1.29 is 9.21 Å². The lowest BCUT2D eigenvalue weighted by Gasteiger charge is -2.18. The first-order chi connectivity index (χ1) is 6.69. The molecule has 1 aromatic heterocycles. The second kappa shape index (κ2) is 4.81. The number of carbonyl (C=O) groups excluding carboxylic acids is 1. The van der Waals surface area contributed by atoms with Gasteiger partial charge in [0, 0.05) is 19.6 Å². The van der Waals surface area contributed by atoms with E-state index in [1.54, 1.807) is 17.0 Å². The van der Waals surface area contributed by atoms with Gasteiger partial charge in [-0.15, -0.1) is 0 Å². The topological polar surface area (TPSA) is 59.5 Å². The normalized spacial score (nSPS) is 10.2. The lowest BCUT2D eigenvalue weighted by Crippen LogP contribution is -2.34. The zero-order valence-electron chi connectivity index (χ0n) is 8.62. The molecule has 0 aliphatic heterocycles. The summed E-state index contributed by atoms with van der Waals surface area (Å²) in [5.41, 5.74) is 5.40. The van der Waals surface area contributed by atoms with E-state index < -0.39 is 0 Å². The highest BCUT2D eigenvalue weighted by atomic mass is 16.3. The van der Waals surface area contributed by atoms with Crippen LogP contribution < -0.4 is 5.73 Å². The van der Waals surface area contributed by atoms with Gasteiger partial charge < -0.3 is 15.1 Å². The maximum atomic E-state index is 11.8. The Balaban J connectivity index is 2.72. The van der Waals surface area contributed by atoms with Gasteiger partial charge in [0.25, 0.3) is 5.91 Å². The van der Waals surface area contributed by atoms with Crippen LogP contribution in [0.4, 0.5) is 0 Å². The van der Waals surface area contributed by atoms with Gasteiger partial charge in [0.2, 0.25) is 0 Å². The summed E-state index contributed by atoms with van der Waals surface area (Å²) in [7, 11) is 0. The summed E-state index contributed by atoms with van der Waals surface area (Å²) in [5, 5.41) is 0. The van der Waals surface area contributed by atoms with Crippen LogP contribution in [0.15, 0.2) is 16.5 Å². The number of aryl methyl sites for hydroxylation is 1. The number of nitrogens with zero attached hydrogens (tertiary/aromatic N) is 1. The molecule has 78 valence electrons. The number of hydrogen-bond donors (Lipinski definition) is 1. The molecule has 4 heteroatoms. The van der Waals surface area contributed by atoms with Crippen molar-refractivity contribution in [2.45, 2.75) is 13.8 Å². The molecule has 0 aliphatic carbocycles. The molecule has 1 rings (SSSR count). The molecule has 0 unspecified atom stereocenters. The van der Waals surface area contributed by atoms with Crippen LogP contribution in [0.5, 0.6) is 0 Å². The Kier molecular flexibility index (Phi) is 3.71. The lowest BCUT2D eigenvalue weighted by atomic mass is 10.3. The number of nitrogens with two attached hydrogens (primary N) is 1. The zero-order chi connectivity index (χ0) is 10.6. The standard InChI is InChI=1S/C10H16N2O2/c1-3-12(7-6-11)10(13)9-5-4-8(2)14-9/h4-5H,3,6-7,11H2,1-2H3. The molecule has 0 atom stereocenters. The summed E-state index contributed by atoms with van der Waals surface area (Å²) in [4.78, 5) is 13.4. The van der Waals surface area contributed by atoms with Crippen molar-refractivity contribution in [1.82, 2.24) is 4.90 Å². The Morgan fingerprint density at radius 3 is 2.71 bits per heavy atom. The summed E-state index contributed by atoms with van der Waals surface area (Å²) in [6.45, 7) is 5.42. The molecule has 4 nitrogen and oxygen atoms in total. The maximum absolute atomic E-state index is 11.8. The van der Waals surface area contributed by atoms with Crippen molar-refractivity contribution in [2.24, 2.45) is 5.73 Å². The third-order valence-corrected chi connectivity index (χ3v) is 2.02. The van der Waals surface area contributed by atoms with E-state index in [1.807, 2.05) is 13.8 Å². The fourth-order valence-corrected chi connectivity index (χ4v) is 1.26. The summed E-state index contributed by atoms with van der Waals surface area (Å²) >= 11 is 0. The predicted octanol–water partition coefficient (Wildman–Crippen LogP) is 1.01. The van der Waals surface area contributed by atoms with Crippen LogP contribution in [-0.4, -0.2) is 30.4 Å². The number of carbonyl (C=O) groups is 1. The van der Waals surface area contributed by atoms with E-state index in [-0.39, 0.29) is 5.91 Å². The van der Waals surface area contributed by atoms with Gasteiger partial charge in [-0.2, -0.15) is 0 Å². The molecule has 0 aromatic carbocycles. The molecule has 14 heavy (non-hydrogen) atoms. The molecule has 0 aliphatic rings. The van der Waals surface area contributed by atoms with Crippen LogP contribution in [0.2, 0.25) is 0 Å². The molecule has 0 bridgehead atoms. The molecule has 1 heterocycles. The van der Waals surface area contributed by atoms with Crippen molar-refractivity contribution in [3.05, 3.63) is 23.7 Å². The Labute approximate surface area is 83.7 Å². The second-order valence-corrected chi connectivity index (χ2v) is 3.08. The van der Waals surface area contributed by atoms with Gasteiger partial charge in [0.05, 0.1) is 0 Å². The van der Waals surface area contributed by atoms with Gasteiger partial charge in [-0.25, -0.2) is 0 Å². The highest BCUT2D eigenvalue weighted by molar-refractivity contribution is 5.91. The maximum Gasteiger partial charge on any atom is 0.289 e. The van der Waals surface area contributed by atoms with Crippen molar-refractivity contribution in [3.63, 3.8) is 0 Å². The largest absolute Gasteiger partial charge is 0.456 e. The number of hydrogen-bond acceptors (Lipinski definition) is 3. The van der Waals surface area contributed by atoms with Gasteiger partial charge in [0.1, 0.15) is 5.76 Å². The molecule has 2 N–H and O–H groups in total. The molecule has 1 amide bonds. The van der Waals surface area contributed by atoms with E-state index in [1.165, 1.54) is 0 Å². The van der Waals surface area contributed by atoms with Gasteiger partial charge in [-0.1, -0.05) is 0 Å². The monoisotopic (exact) mass is 196 g/mol. The van der Waals surface area contributed by atoms with E-state index in [0.29, 0.717) is 25.4 Å². The molecule has 0 radical (unpaired) electrons. The van der Waals surface area contributed by atoms with E-state index in [9.17, 15) is 4.79 Å². The Morgan fingerprint density at radius 2 is 2.29 bits per heavy atom. The zero-order valence-corrected chi connectivity index (χ0v) is 8.62. The van der Waals surface area contributed by atoms with E-state index in [2.05, 4.69) is 0 Å². The van der Waals surface area contributed by atoms with Gasteiger partial charge >= 0.3 is 0 Å². The molecule has 0 saturated heterocycles. The number of likely N-dealkylation sites (N-methyl/N-ethyl adjacent to an activating group) is 1. The quantitative estimate of drug-likeness (QED) is 0.781. The summed E-state index contributed by atoms with van der Waals surface area (Å²) < 4.78 is 5.24. The first kappa shape index (κ1) is 10.8. The first-order valence-corrected chi connectivity index (χ1v) is 4.74. The predicted molar refractivity (Wildman–Crippen MR) is 54.1 cm³/mol. The van der Waals surface area contributed by atoms with E-state index in [4.69, 9.17) is 10.2 Å². The average Bonchev–Trinajstić information content (AvgIpc) is 2.60. The van der Waals surface area contributed by atoms with Gasteiger partial charge in [-0.3, -0.25) is 4.79 Å². The number of rotatable bonds is 4. The Hall–Kier alpha value is -1.29. The highest BCUT2D eigenvalue weighted by Gasteiger charge is 2.16. The minimum atomic E-state index is -0.0916. The Bertz CT molecular complexity index is 307. The third-order valence-electron chi connectivity index (χ3n) is 2.02. The highest BCUT2D eigenvalue weighted by Crippen LogP contribution is 2.09. The summed E-state index contributed by atoms with van der Waals surface area (Å²) in [6.07, 6.45) is 0. The number of furan rings is 1. The van der Waals surface area contributed by atoms with Crippen LogP contribution in [0.1, 0.15) is 23.2 Å². The molecule has 0 spiro atoms. The van der Waals surface area contributed by atoms with E-state index in [0.717, 1.165) is 5.76 Å². The van der Waals surface area contributed by atoms with Gasteiger partial charge in [0.15, 0.2) is 5.76 Å². The van der Waals surface area contributed by atoms with Crippen LogP contribution in [0.3, 0.4) is 0 Å². The van der Waals surface area contributed by atoms with Gasteiger partial charge in [-0.05, 0) is 26.0 Å². The van der Waals surface area contributed by atoms with Crippen molar-refractivity contribution in [1.29, 1.82) is 0 Å². The van der Waals surface area contributed by atoms with Crippen molar-refractivity contribution >= 4 is 5.91 Å². The molecule has 1 aromatic rings. The van der Waals surface area contributed by atoms with E-state index >= 15 is 0 Å². The average molecular weight is 196 g/mol. The fraction of sp³-hybridized carbons (Fsp3) is 0.500. The molecular formula is C10H16N2O2. The SMILES string of the molecule is CCN(CCN)C(=O)c1ccc(C)o1. The lowest BCUT2D eigenvalue weighted by molar-refractivity contribution is 0.0736. The minimum absolute atomic E-state index is 0.0916.